The van der Waals surface area contributed by atoms with Crippen LogP contribution in [0.25, 0.3) is 0 Å². The van der Waals surface area contributed by atoms with Gasteiger partial charge in [-0.15, -0.1) is 0 Å². The molecule has 1 heterocycles. The van der Waals surface area contributed by atoms with Crippen molar-refractivity contribution in [1.29, 1.82) is 0 Å². The minimum atomic E-state index is -0.0793. The predicted molar refractivity (Wildman–Crippen MR) is 34.1 cm³/mol. The number of aromatic amines is 2. The Labute approximate surface area is 53.3 Å². The summed E-state index contributed by atoms with van der Waals surface area (Å²) in [5.41, 5.74) is -0.0793. The maximum Gasteiger partial charge on any atom is 0.264 e. The van der Waals surface area contributed by atoms with Crippen molar-refractivity contribution < 1.29 is 0 Å². The third-order valence-electron chi connectivity index (χ3n) is 0.563. The zero-order chi connectivity index (χ0) is 5.28. The second kappa shape index (κ2) is 1.69. The van der Waals surface area contributed by atoms with E-state index in [9.17, 15) is 4.79 Å². The Kier molecular flexibility index (Phi) is 1.18. The quantitative estimate of drug-likeness (QED) is 0.594. The molecule has 0 aromatic carbocycles. The van der Waals surface area contributed by atoms with Gasteiger partial charge in [-0.1, -0.05) is 0 Å². The zero-order valence-corrected chi connectivity index (χ0v) is 5.52. The molecule has 0 saturated carbocycles. The lowest BCUT2D eigenvalue weighted by atomic mass is 10.7. The molecule has 1 rings (SSSR count). The maximum absolute atomic E-state index is 10.2. The predicted octanol–water partition coefficient (Wildman–Crippen LogP) is 0.308. The fourth-order valence-corrected chi connectivity index (χ4v) is 0.726. The molecule has 0 radical (unpaired) electrons. The average Bonchev–Trinajstić information content (AvgIpc) is 1.87. The molecule has 0 amide bonds. The highest BCUT2D eigenvalue weighted by Gasteiger charge is 1.83. The lowest BCUT2D eigenvalue weighted by Crippen LogP contribution is -1.93. The Morgan fingerprint density at radius 2 is 2.29 bits per heavy atom. The van der Waals surface area contributed by atoms with Crippen LogP contribution < -0.4 is 5.56 Å². The lowest BCUT2D eigenvalue weighted by molar-refractivity contribution is 1.04. The molecule has 38 valence electrons. The van der Waals surface area contributed by atoms with Crippen LogP contribution in [0, 0.1) is 3.70 Å². The Morgan fingerprint density at radius 3 is 2.43 bits per heavy atom. The van der Waals surface area contributed by atoms with Crippen LogP contribution in [0.5, 0.6) is 0 Å². The van der Waals surface area contributed by atoms with Crippen LogP contribution in [-0.2, 0) is 0 Å². The van der Waals surface area contributed by atoms with E-state index in [1.165, 1.54) is 6.07 Å². The second-order valence-corrected chi connectivity index (χ2v) is 2.27. The molecular weight excluding hydrogens is 207 g/mol. The molecule has 2 N–H and O–H groups in total. The van der Waals surface area contributed by atoms with Gasteiger partial charge in [0, 0.05) is 6.07 Å². The van der Waals surface area contributed by atoms with E-state index in [0.717, 1.165) is 3.70 Å². The van der Waals surface area contributed by atoms with Gasteiger partial charge in [-0.05, 0) is 22.6 Å². The van der Waals surface area contributed by atoms with E-state index >= 15 is 0 Å². The number of hydrogen-bond donors (Lipinski definition) is 2. The number of nitrogens with one attached hydrogen (secondary N) is 2. The smallest absolute Gasteiger partial charge is 0.264 e. The molecule has 7 heavy (non-hydrogen) atoms. The summed E-state index contributed by atoms with van der Waals surface area (Å²) in [6.45, 7) is 0. The lowest BCUT2D eigenvalue weighted by Gasteiger charge is -1.66. The number of rotatable bonds is 0. The van der Waals surface area contributed by atoms with Gasteiger partial charge in [0.1, 0.15) is 0 Å². The number of H-pyrrole nitrogens is 2. The van der Waals surface area contributed by atoms with Gasteiger partial charge < -0.3 is 0 Å². The van der Waals surface area contributed by atoms with E-state index in [1.807, 2.05) is 22.6 Å². The Morgan fingerprint density at radius 1 is 1.57 bits per heavy atom. The number of aromatic nitrogens is 2. The largest absolute Gasteiger partial charge is 0.292 e. The standard InChI is InChI=1S/C3H3IN2O/c4-2-1-3(7)6-5-2/h1H,(H2,5,6,7). The van der Waals surface area contributed by atoms with Crippen LogP contribution in [-0.4, -0.2) is 10.2 Å². The third-order valence-corrected chi connectivity index (χ3v) is 1.14. The molecule has 0 unspecified atom stereocenters. The van der Waals surface area contributed by atoms with Crippen LogP contribution in [0.4, 0.5) is 0 Å². The average molecular weight is 210 g/mol. The van der Waals surface area contributed by atoms with Gasteiger partial charge in [-0.2, -0.15) is 0 Å². The van der Waals surface area contributed by atoms with E-state index < -0.39 is 0 Å². The molecule has 3 nitrogen and oxygen atoms in total. The Hall–Kier alpha value is -0.260. The normalized spacial score (nSPS) is 9.29. The van der Waals surface area contributed by atoms with Gasteiger partial charge in [0.15, 0.2) is 0 Å². The molecular formula is C3H3IN2O. The first-order chi connectivity index (χ1) is 3.29. The molecule has 0 spiro atoms. The summed E-state index contributed by atoms with van der Waals surface area (Å²) in [5, 5.41) is 5.00. The molecule has 0 atom stereocenters. The maximum atomic E-state index is 10.2. The number of halogens is 1. The fraction of sp³-hybridized carbons (Fsp3) is 0. The summed E-state index contributed by atoms with van der Waals surface area (Å²) in [6.07, 6.45) is 0. The minimum Gasteiger partial charge on any atom is -0.292 e. The topological polar surface area (TPSA) is 48.6 Å². The SMILES string of the molecule is O=c1cc(I)[nH][nH]1. The van der Waals surface area contributed by atoms with Crippen LogP contribution in [0.2, 0.25) is 0 Å². The van der Waals surface area contributed by atoms with Crippen molar-refractivity contribution in [2.45, 2.75) is 0 Å². The van der Waals surface area contributed by atoms with Crippen molar-refractivity contribution in [3.8, 4) is 0 Å². The first-order valence-corrected chi connectivity index (χ1v) is 2.80. The highest BCUT2D eigenvalue weighted by Crippen LogP contribution is 1.89. The summed E-state index contributed by atoms with van der Waals surface area (Å²) in [7, 11) is 0. The Balaban J connectivity index is 3.30. The molecule has 4 heteroatoms. The van der Waals surface area contributed by atoms with Gasteiger partial charge in [0.25, 0.3) is 5.56 Å². The summed E-state index contributed by atoms with van der Waals surface area (Å²) >= 11 is 2.01. The third kappa shape index (κ3) is 1.05. The second-order valence-electron chi connectivity index (χ2n) is 1.11. The molecule has 0 saturated heterocycles. The Bertz CT molecular complexity index is 201. The van der Waals surface area contributed by atoms with Gasteiger partial charge in [-0.3, -0.25) is 15.0 Å². The molecule has 1 aromatic heterocycles. The minimum absolute atomic E-state index is 0.0793. The highest BCUT2D eigenvalue weighted by atomic mass is 127. The molecule has 0 fully saturated rings. The van der Waals surface area contributed by atoms with Crippen molar-refractivity contribution in [1.82, 2.24) is 10.2 Å². The number of hydrogen-bond acceptors (Lipinski definition) is 1. The summed E-state index contributed by atoms with van der Waals surface area (Å²) < 4.78 is 0.836. The molecule has 1 aromatic rings. The molecule has 0 aliphatic carbocycles. The van der Waals surface area contributed by atoms with E-state index in [0.29, 0.717) is 0 Å². The first-order valence-electron chi connectivity index (χ1n) is 1.72. The first kappa shape index (κ1) is 4.89. The fourth-order valence-electron chi connectivity index (χ4n) is 0.309. The van der Waals surface area contributed by atoms with Crippen molar-refractivity contribution in [3.63, 3.8) is 0 Å². The van der Waals surface area contributed by atoms with Crippen LogP contribution in [0.15, 0.2) is 10.9 Å². The molecule has 0 aliphatic rings. The summed E-state index contributed by atoms with van der Waals surface area (Å²) in [6, 6.07) is 1.49. The van der Waals surface area contributed by atoms with E-state index in [1.54, 1.807) is 0 Å². The monoisotopic (exact) mass is 210 g/mol. The van der Waals surface area contributed by atoms with Crippen LogP contribution in [0.3, 0.4) is 0 Å². The van der Waals surface area contributed by atoms with Crippen molar-refractivity contribution in [3.05, 3.63) is 20.1 Å². The van der Waals surface area contributed by atoms with Gasteiger partial charge in [0.05, 0.1) is 3.70 Å². The van der Waals surface area contributed by atoms with Crippen LogP contribution >= 0.6 is 22.6 Å². The highest BCUT2D eigenvalue weighted by molar-refractivity contribution is 14.1. The van der Waals surface area contributed by atoms with Crippen molar-refractivity contribution in [2.75, 3.05) is 0 Å². The van der Waals surface area contributed by atoms with Gasteiger partial charge in [0.2, 0.25) is 0 Å². The summed E-state index contributed by atoms with van der Waals surface area (Å²) in [4.78, 5) is 10.2. The summed E-state index contributed by atoms with van der Waals surface area (Å²) in [5.74, 6) is 0. The van der Waals surface area contributed by atoms with E-state index in [-0.39, 0.29) is 5.56 Å². The van der Waals surface area contributed by atoms with Crippen molar-refractivity contribution in [2.24, 2.45) is 0 Å². The molecule has 0 bridgehead atoms. The van der Waals surface area contributed by atoms with E-state index in [4.69, 9.17) is 0 Å². The van der Waals surface area contributed by atoms with Crippen LogP contribution in [0.1, 0.15) is 0 Å². The zero-order valence-electron chi connectivity index (χ0n) is 3.36. The van der Waals surface area contributed by atoms with Gasteiger partial charge >= 0.3 is 0 Å². The van der Waals surface area contributed by atoms with Gasteiger partial charge in [-0.25, -0.2) is 0 Å². The van der Waals surface area contributed by atoms with Crippen molar-refractivity contribution >= 4 is 22.6 Å². The van der Waals surface area contributed by atoms with E-state index in [2.05, 4.69) is 10.2 Å². The molecule has 0 aliphatic heterocycles.